The normalized spacial score (nSPS) is 26.0. The first-order chi connectivity index (χ1) is 15.2. The SMILES string of the molecule is O=C(CCC1(c2ccc(Br)cc2)c2ccccc2-c2nccn21)N1C2CCCC1CC2. The molecule has 1 aromatic heterocycles. The zero-order chi connectivity index (χ0) is 21.0. The van der Waals surface area contributed by atoms with Crippen LogP contribution in [0.4, 0.5) is 0 Å². The highest BCUT2D eigenvalue weighted by Gasteiger charge is 2.46. The van der Waals surface area contributed by atoms with Crippen molar-refractivity contribution in [3.8, 4) is 11.4 Å². The van der Waals surface area contributed by atoms with E-state index in [2.05, 4.69) is 85.1 Å². The highest BCUT2D eigenvalue weighted by atomic mass is 79.9. The van der Waals surface area contributed by atoms with Gasteiger partial charge in [-0.25, -0.2) is 4.98 Å². The molecule has 6 rings (SSSR count). The van der Waals surface area contributed by atoms with E-state index >= 15 is 0 Å². The summed E-state index contributed by atoms with van der Waals surface area (Å²) >= 11 is 3.58. The summed E-state index contributed by atoms with van der Waals surface area (Å²) in [4.78, 5) is 20.4. The summed E-state index contributed by atoms with van der Waals surface area (Å²) in [6, 6.07) is 18.0. The summed E-state index contributed by atoms with van der Waals surface area (Å²) in [5.41, 5.74) is 3.21. The topological polar surface area (TPSA) is 38.1 Å². The Kier molecular flexibility index (Phi) is 4.57. The van der Waals surface area contributed by atoms with Crippen LogP contribution < -0.4 is 0 Å². The van der Waals surface area contributed by atoms with Gasteiger partial charge in [0.05, 0.1) is 5.54 Å². The van der Waals surface area contributed by atoms with Crippen molar-refractivity contribution in [3.05, 3.63) is 76.5 Å². The number of fused-ring (bicyclic) bond motifs is 5. The third-order valence-corrected chi connectivity index (χ3v) is 8.20. The predicted molar refractivity (Wildman–Crippen MR) is 125 cm³/mol. The highest BCUT2D eigenvalue weighted by molar-refractivity contribution is 9.10. The summed E-state index contributed by atoms with van der Waals surface area (Å²) < 4.78 is 3.35. The Hall–Kier alpha value is -2.40. The number of carbonyl (C=O) groups is 1. The molecule has 3 aliphatic heterocycles. The molecule has 5 heteroatoms. The second-order valence-electron chi connectivity index (χ2n) is 9.15. The molecule has 31 heavy (non-hydrogen) atoms. The number of benzene rings is 2. The molecule has 2 saturated heterocycles. The summed E-state index contributed by atoms with van der Waals surface area (Å²) in [6.07, 6.45) is 11.2. The van der Waals surface area contributed by atoms with Crippen molar-refractivity contribution in [1.82, 2.24) is 14.5 Å². The number of hydrogen-bond acceptors (Lipinski definition) is 2. The van der Waals surface area contributed by atoms with Gasteiger partial charge in [-0.1, -0.05) is 52.3 Å². The molecule has 2 aromatic carbocycles. The van der Waals surface area contributed by atoms with E-state index in [4.69, 9.17) is 0 Å². The Bertz CT molecular complexity index is 1120. The summed E-state index contributed by atoms with van der Waals surface area (Å²) in [5.74, 6) is 1.32. The van der Waals surface area contributed by atoms with Crippen LogP contribution in [0.2, 0.25) is 0 Å². The van der Waals surface area contributed by atoms with E-state index < -0.39 is 5.54 Å². The average Bonchev–Trinajstić information content (AvgIpc) is 3.44. The number of carbonyl (C=O) groups excluding carboxylic acids is 1. The summed E-state index contributed by atoms with van der Waals surface area (Å²) in [5, 5.41) is 0. The minimum Gasteiger partial charge on any atom is -0.337 e. The standard InChI is InChI=1S/C26H26BrN3O/c27-19-10-8-18(9-11-19)26(15-14-24(31)30-20-4-3-5-21(30)13-12-20)23-7-2-1-6-22(23)25-28-16-17-29(25)26/h1-2,6-11,16-17,20-21H,3-5,12-15H2. The Morgan fingerprint density at radius 2 is 1.77 bits per heavy atom. The van der Waals surface area contributed by atoms with Gasteiger partial charge in [0.25, 0.3) is 0 Å². The zero-order valence-electron chi connectivity index (χ0n) is 17.5. The molecule has 1 amide bonds. The maximum Gasteiger partial charge on any atom is 0.223 e. The first-order valence-electron chi connectivity index (χ1n) is 11.4. The van der Waals surface area contributed by atoms with E-state index in [9.17, 15) is 4.79 Å². The zero-order valence-corrected chi connectivity index (χ0v) is 19.1. The molecule has 0 aliphatic carbocycles. The van der Waals surface area contributed by atoms with Crippen LogP contribution in [0.1, 0.15) is 56.1 Å². The fraction of sp³-hybridized carbons (Fsp3) is 0.385. The van der Waals surface area contributed by atoms with Gasteiger partial charge in [-0.3, -0.25) is 4.79 Å². The highest BCUT2D eigenvalue weighted by Crippen LogP contribution is 2.50. The molecule has 4 heterocycles. The fourth-order valence-corrected chi connectivity index (χ4v) is 6.60. The van der Waals surface area contributed by atoms with Crippen molar-refractivity contribution in [2.75, 3.05) is 0 Å². The summed E-state index contributed by atoms with van der Waals surface area (Å²) in [7, 11) is 0. The van der Waals surface area contributed by atoms with Crippen molar-refractivity contribution < 1.29 is 4.79 Å². The molecule has 3 aromatic rings. The van der Waals surface area contributed by atoms with Crippen molar-refractivity contribution >= 4 is 21.8 Å². The number of aromatic nitrogens is 2. The van der Waals surface area contributed by atoms with E-state index in [1.165, 1.54) is 48.8 Å². The molecule has 0 saturated carbocycles. The van der Waals surface area contributed by atoms with Gasteiger partial charge < -0.3 is 9.47 Å². The smallest absolute Gasteiger partial charge is 0.223 e. The van der Waals surface area contributed by atoms with Crippen LogP contribution in [0.5, 0.6) is 0 Å². The Morgan fingerprint density at radius 1 is 1.03 bits per heavy atom. The molecular weight excluding hydrogens is 450 g/mol. The van der Waals surface area contributed by atoms with Crippen LogP contribution >= 0.6 is 15.9 Å². The number of hydrogen-bond donors (Lipinski definition) is 0. The predicted octanol–water partition coefficient (Wildman–Crippen LogP) is 5.74. The van der Waals surface area contributed by atoms with Gasteiger partial charge in [0.2, 0.25) is 5.91 Å². The molecular formula is C26H26BrN3O. The number of amides is 1. The Labute approximate surface area is 191 Å². The molecule has 158 valence electrons. The lowest BCUT2D eigenvalue weighted by atomic mass is 9.79. The summed E-state index contributed by atoms with van der Waals surface area (Å²) in [6.45, 7) is 0. The van der Waals surface area contributed by atoms with E-state index in [0.717, 1.165) is 16.7 Å². The maximum absolute atomic E-state index is 13.5. The molecule has 3 aliphatic rings. The molecule has 2 bridgehead atoms. The third kappa shape index (κ3) is 2.85. The van der Waals surface area contributed by atoms with Gasteiger partial charge in [-0.05, 0) is 61.8 Å². The van der Waals surface area contributed by atoms with Crippen LogP contribution in [-0.4, -0.2) is 32.4 Å². The Morgan fingerprint density at radius 3 is 2.55 bits per heavy atom. The molecule has 0 spiro atoms. The molecule has 3 unspecified atom stereocenters. The molecule has 4 nitrogen and oxygen atoms in total. The van der Waals surface area contributed by atoms with Gasteiger partial charge in [0, 0.05) is 40.9 Å². The monoisotopic (exact) mass is 475 g/mol. The Balaban J connectivity index is 1.42. The van der Waals surface area contributed by atoms with Crippen LogP contribution in [0.15, 0.2) is 65.4 Å². The first-order valence-corrected chi connectivity index (χ1v) is 12.2. The lowest BCUT2D eigenvalue weighted by molar-refractivity contribution is -0.135. The first kappa shape index (κ1) is 19.3. The second kappa shape index (κ2) is 7.33. The molecule has 2 fully saturated rings. The third-order valence-electron chi connectivity index (χ3n) is 7.67. The van der Waals surface area contributed by atoms with Crippen molar-refractivity contribution in [2.45, 2.75) is 62.6 Å². The van der Waals surface area contributed by atoms with Gasteiger partial charge in [-0.2, -0.15) is 0 Å². The van der Waals surface area contributed by atoms with Gasteiger partial charge in [-0.15, -0.1) is 0 Å². The number of nitrogens with zero attached hydrogens (tertiary/aromatic N) is 3. The second-order valence-corrected chi connectivity index (χ2v) is 10.1. The van der Waals surface area contributed by atoms with Crippen molar-refractivity contribution in [3.63, 3.8) is 0 Å². The van der Waals surface area contributed by atoms with Crippen LogP contribution in [-0.2, 0) is 10.3 Å². The molecule has 0 radical (unpaired) electrons. The number of imidazole rings is 1. The average molecular weight is 476 g/mol. The van der Waals surface area contributed by atoms with E-state index in [-0.39, 0.29) is 0 Å². The van der Waals surface area contributed by atoms with Crippen molar-refractivity contribution in [1.29, 1.82) is 0 Å². The number of rotatable bonds is 4. The number of piperidine rings is 1. The van der Waals surface area contributed by atoms with E-state index in [1.54, 1.807) is 0 Å². The van der Waals surface area contributed by atoms with Crippen LogP contribution in [0.25, 0.3) is 11.4 Å². The minimum atomic E-state index is -0.409. The fourth-order valence-electron chi connectivity index (χ4n) is 6.34. The van der Waals surface area contributed by atoms with E-state index in [0.29, 0.717) is 24.4 Å². The number of halogens is 1. The van der Waals surface area contributed by atoms with E-state index in [1.807, 2.05) is 6.20 Å². The van der Waals surface area contributed by atoms with Gasteiger partial charge >= 0.3 is 0 Å². The maximum atomic E-state index is 13.5. The quantitative estimate of drug-likeness (QED) is 0.482. The molecule has 0 N–H and O–H groups in total. The van der Waals surface area contributed by atoms with Crippen LogP contribution in [0, 0.1) is 0 Å². The largest absolute Gasteiger partial charge is 0.337 e. The minimum absolute atomic E-state index is 0.328. The van der Waals surface area contributed by atoms with Crippen molar-refractivity contribution in [2.24, 2.45) is 0 Å². The lowest BCUT2D eigenvalue weighted by Gasteiger charge is -2.37. The molecule has 3 atom stereocenters. The van der Waals surface area contributed by atoms with Gasteiger partial charge in [0.1, 0.15) is 5.82 Å². The lowest BCUT2D eigenvalue weighted by Crippen LogP contribution is -2.45. The van der Waals surface area contributed by atoms with Crippen LogP contribution in [0.3, 0.4) is 0 Å². The van der Waals surface area contributed by atoms with Gasteiger partial charge in [0.15, 0.2) is 0 Å².